The first kappa shape index (κ1) is 15.2. The van der Waals surface area contributed by atoms with Crippen LogP contribution in [0.15, 0.2) is 42.5 Å². The second-order valence-electron chi connectivity index (χ2n) is 4.35. The van der Waals surface area contributed by atoms with Crippen LogP contribution in [0, 0.1) is 0 Å². The predicted octanol–water partition coefficient (Wildman–Crippen LogP) is 3.69. The quantitative estimate of drug-likeness (QED) is 0.857. The monoisotopic (exact) mass is 305 g/mol. The lowest BCUT2D eigenvalue weighted by Gasteiger charge is -2.12. The van der Waals surface area contributed by atoms with Gasteiger partial charge in [0, 0.05) is 17.5 Å². The van der Waals surface area contributed by atoms with E-state index in [4.69, 9.17) is 21.1 Å². The van der Waals surface area contributed by atoms with Gasteiger partial charge in [0.15, 0.2) is 0 Å². The zero-order valence-electron chi connectivity index (χ0n) is 11.9. The highest BCUT2D eigenvalue weighted by atomic mass is 35.5. The number of carbonyl (C=O) groups is 1. The van der Waals surface area contributed by atoms with Gasteiger partial charge in [0.05, 0.1) is 19.9 Å². The lowest BCUT2D eigenvalue weighted by Crippen LogP contribution is -2.12. The molecular formula is C16H16ClNO3. The van der Waals surface area contributed by atoms with Crippen molar-refractivity contribution < 1.29 is 14.3 Å². The second-order valence-corrected chi connectivity index (χ2v) is 4.62. The van der Waals surface area contributed by atoms with Crippen molar-refractivity contribution in [1.82, 2.24) is 0 Å². The van der Waals surface area contributed by atoms with Crippen LogP contribution in [-0.4, -0.2) is 20.1 Å². The summed E-state index contributed by atoms with van der Waals surface area (Å²) in [6.07, 6.45) is 0. The summed E-state index contributed by atoms with van der Waals surface area (Å²) < 4.78 is 10.4. The number of halogens is 1. The number of ether oxygens (including phenoxy) is 2. The molecule has 0 aliphatic rings. The van der Waals surface area contributed by atoms with Crippen LogP contribution in [0.5, 0.6) is 11.5 Å². The fraction of sp³-hybridized carbons (Fsp3) is 0.188. The minimum absolute atomic E-state index is 0.220. The average molecular weight is 306 g/mol. The lowest BCUT2D eigenvalue weighted by molar-refractivity contribution is 0.102. The van der Waals surface area contributed by atoms with E-state index in [0.29, 0.717) is 28.6 Å². The number of benzene rings is 2. The molecule has 2 aromatic carbocycles. The first-order chi connectivity index (χ1) is 10.2. The Bertz CT molecular complexity index is 626. The standard InChI is InChI=1S/C16H16ClNO3/c1-20-13-7-8-15(21-2)14(9-13)18-16(19)12-5-3-11(10-17)4-6-12/h3-9H,10H2,1-2H3,(H,18,19). The van der Waals surface area contributed by atoms with E-state index in [1.807, 2.05) is 12.1 Å². The van der Waals surface area contributed by atoms with Crippen LogP contribution in [0.25, 0.3) is 0 Å². The van der Waals surface area contributed by atoms with Gasteiger partial charge >= 0.3 is 0 Å². The van der Waals surface area contributed by atoms with Crippen LogP contribution in [0.2, 0.25) is 0 Å². The van der Waals surface area contributed by atoms with Gasteiger partial charge in [0.2, 0.25) is 0 Å². The molecule has 0 spiro atoms. The van der Waals surface area contributed by atoms with E-state index in [2.05, 4.69) is 5.32 Å². The van der Waals surface area contributed by atoms with Crippen LogP contribution in [0.3, 0.4) is 0 Å². The molecule has 0 fully saturated rings. The summed E-state index contributed by atoms with van der Waals surface area (Å²) in [6.45, 7) is 0. The summed E-state index contributed by atoms with van der Waals surface area (Å²) in [7, 11) is 3.12. The van der Waals surface area contributed by atoms with Gasteiger partial charge in [-0.3, -0.25) is 4.79 Å². The molecule has 1 N–H and O–H groups in total. The van der Waals surface area contributed by atoms with Gasteiger partial charge in [0.1, 0.15) is 11.5 Å². The first-order valence-electron chi connectivity index (χ1n) is 6.36. The van der Waals surface area contributed by atoms with E-state index in [-0.39, 0.29) is 5.91 Å². The van der Waals surface area contributed by atoms with E-state index in [1.54, 1.807) is 44.6 Å². The molecule has 0 atom stereocenters. The number of carbonyl (C=O) groups excluding carboxylic acids is 1. The van der Waals surface area contributed by atoms with E-state index in [1.165, 1.54) is 0 Å². The SMILES string of the molecule is COc1ccc(OC)c(NC(=O)c2ccc(CCl)cc2)c1. The van der Waals surface area contributed by atoms with Gasteiger partial charge in [-0.1, -0.05) is 12.1 Å². The largest absolute Gasteiger partial charge is 0.497 e. The molecule has 2 rings (SSSR count). The first-order valence-corrected chi connectivity index (χ1v) is 6.89. The average Bonchev–Trinajstić information content (AvgIpc) is 2.54. The normalized spacial score (nSPS) is 10.0. The van der Waals surface area contributed by atoms with Gasteiger partial charge in [-0.25, -0.2) is 0 Å². The van der Waals surface area contributed by atoms with Gasteiger partial charge in [-0.05, 0) is 29.8 Å². The van der Waals surface area contributed by atoms with Crippen molar-refractivity contribution in [2.45, 2.75) is 5.88 Å². The minimum atomic E-state index is -0.220. The van der Waals surface area contributed by atoms with Crippen LogP contribution >= 0.6 is 11.6 Å². The lowest BCUT2D eigenvalue weighted by atomic mass is 10.1. The van der Waals surface area contributed by atoms with Gasteiger partial charge in [-0.15, -0.1) is 11.6 Å². The molecule has 2 aromatic rings. The maximum Gasteiger partial charge on any atom is 0.255 e. The number of rotatable bonds is 5. The third-order valence-electron chi connectivity index (χ3n) is 3.03. The molecule has 0 aliphatic carbocycles. The van der Waals surface area contributed by atoms with Crippen LogP contribution < -0.4 is 14.8 Å². The Kier molecular flexibility index (Phi) is 5.06. The summed E-state index contributed by atoms with van der Waals surface area (Å²) in [5.41, 5.74) is 2.07. The maximum atomic E-state index is 12.2. The summed E-state index contributed by atoms with van der Waals surface area (Å²) in [4.78, 5) is 12.2. The topological polar surface area (TPSA) is 47.6 Å². The molecule has 21 heavy (non-hydrogen) atoms. The summed E-state index contributed by atoms with van der Waals surface area (Å²) in [6, 6.07) is 12.3. The Balaban J connectivity index is 2.21. The smallest absolute Gasteiger partial charge is 0.255 e. The Hall–Kier alpha value is -2.20. The van der Waals surface area contributed by atoms with Gasteiger partial charge in [0.25, 0.3) is 5.91 Å². The molecule has 110 valence electrons. The van der Waals surface area contributed by atoms with E-state index >= 15 is 0 Å². The van der Waals surface area contributed by atoms with Crippen LogP contribution in [0.1, 0.15) is 15.9 Å². The fourth-order valence-electron chi connectivity index (χ4n) is 1.85. The molecule has 0 saturated heterocycles. The predicted molar refractivity (Wildman–Crippen MR) is 83.5 cm³/mol. The third-order valence-corrected chi connectivity index (χ3v) is 3.33. The Morgan fingerprint density at radius 3 is 2.38 bits per heavy atom. The Labute approximate surface area is 128 Å². The van der Waals surface area contributed by atoms with Crippen molar-refractivity contribution in [1.29, 1.82) is 0 Å². The van der Waals surface area contributed by atoms with E-state index in [0.717, 1.165) is 5.56 Å². The molecule has 1 amide bonds. The Morgan fingerprint density at radius 2 is 1.81 bits per heavy atom. The van der Waals surface area contributed by atoms with Crippen molar-refractivity contribution in [2.24, 2.45) is 0 Å². The number of alkyl halides is 1. The van der Waals surface area contributed by atoms with Crippen LogP contribution in [-0.2, 0) is 5.88 Å². The minimum Gasteiger partial charge on any atom is -0.497 e. The van der Waals surface area contributed by atoms with Crippen molar-refractivity contribution in [3.63, 3.8) is 0 Å². The summed E-state index contributed by atoms with van der Waals surface area (Å²) >= 11 is 5.73. The highest BCUT2D eigenvalue weighted by molar-refractivity contribution is 6.17. The zero-order chi connectivity index (χ0) is 15.2. The Morgan fingerprint density at radius 1 is 1.10 bits per heavy atom. The van der Waals surface area contributed by atoms with Crippen molar-refractivity contribution in [3.05, 3.63) is 53.6 Å². The molecule has 0 aliphatic heterocycles. The van der Waals surface area contributed by atoms with Crippen molar-refractivity contribution >= 4 is 23.2 Å². The molecule has 0 radical (unpaired) electrons. The van der Waals surface area contributed by atoms with Crippen molar-refractivity contribution in [2.75, 3.05) is 19.5 Å². The molecule has 0 aromatic heterocycles. The maximum absolute atomic E-state index is 12.2. The highest BCUT2D eigenvalue weighted by Gasteiger charge is 2.11. The molecule has 0 bridgehead atoms. The molecule has 4 nitrogen and oxygen atoms in total. The fourth-order valence-corrected chi connectivity index (χ4v) is 2.03. The third kappa shape index (κ3) is 3.67. The molecular weight excluding hydrogens is 290 g/mol. The number of amides is 1. The van der Waals surface area contributed by atoms with Gasteiger partial charge in [-0.2, -0.15) is 0 Å². The summed E-state index contributed by atoms with van der Waals surface area (Å²) in [5.74, 6) is 1.42. The van der Waals surface area contributed by atoms with Gasteiger partial charge < -0.3 is 14.8 Å². The van der Waals surface area contributed by atoms with Crippen molar-refractivity contribution in [3.8, 4) is 11.5 Å². The van der Waals surface area contributed by atoms with E-state index < -0.39 is 0 Å². The number of hydrogen-bond acceptors (Lipinski definition) is 3. The molecule has 0 saturated carbocycles. The number of hydrogen-bond donors (Lipinski definition) is 1. The van der Waals surface area contributed by atoms with E-state index in [9.17, 15) is 4.79 Å². The molecule has 0 heterocycles. The summed E-state index contributed by atoms with van der Waals surface area (Å²) in [5, 5.41) is 2.81. The second kappa shape index (κ2) is 6.99. The zero-order valence-corrected chi connectivity index (χ0v) is 12.6. The number of anilines is 1. The molecule has 0 unspecified atom stereocenters. The highest BCUT2D eigenvalue weighted by Crippen LogP contribution is 2.29. The number of nitrogens with one attached hydrogen (secondary N) is 1. The number of methoxy groups -OCH3 is 2. The van der Waals surface area contributed by atoms with Crippen LogP contribution in [0.4, 0.5) is 5.69 Å². The molecule has 5 heteroatoms.